The van der Waals surface area contributed by atoms with E-state index in [0.29, 0.717) is 0 Å². The summed E-state index contributed by atoms with van der Waals surface area (Å²) < 4.78 is 0. The van der Waals surface area contributed by atoms with Crippen LogP contribution in [0.2, 0.25) is 0 Å². The van der Waals surface area contributed by atoms with Gasteiger partial charge in [-0.25, -0.2) is 0 Å². The van der Waals surface area contributed by atoms with Crippen LogP contribution in [-0.2, 0) is 0 Å². The van der Waals surface area contributed by atoms with E-state index in [1.165, 1.54) is 25.7 Å². The van der Waals surface area contributed by atoms with Gasteiger partial charge in [0.25, 0.3) is 0 Å². The van der Waals surface area contributed by atoms with Gasteiger partial charge in [0, 0.05) is 12.1 Å². The Morgan fingerprint density at radius 2 is 1.50 bits per heavy atom. The summed E-state index contributed by atoms with van der Waals surface area (Å²) in [5.41, 5.74) is 0. The molecular weight excluding hydrogens is 148 g/mol. The first-order valence-corrected chi connectivity index (χ1v) is 5.33. The summed E-state index contributed by atoms with van der Waals surface area (Å²) >= 11 is 0. The highest BCUT2D eigenvalue weighted by Crippen LogP contribution is 2.18. The fourth-order valence-corrected chi connectivity index (χ4v) is 2.14. The van der Waals surface area contributed by atoms with Gasteiger partial charge < -0.3 is 10.6 Å². The van der Waals surface area contributed by atoms with Gasteiger partial charge in [-0.15, -0.1) is 0 Å². The van der Waals surface area contributed by atoms with Crippen molar-refractivity contribution in [3.8, 4) is 0 Å². The molecule has 2 nitrogen and oxygen atoms in total. The molecule has 0 aromatic carbocycles. The molecule has 2 heteroatoms. The first-order chi connectivity index (χ1) is 5.86. The standard InChI is InChI=1S/C10H22N2/c1-3-11-9-6-5-7-10(8-9)12-4-2/h9-12H,3-8H2,1-2H3. The molecule has 0 saturated heterocycles. The van der Waals surface area contributed by atoms with E-state index in [2.05, 4.69) is 24.5 Å². The van der Waals surface area contributed by atoms with Gasteiger partial charge in [0.2, 0.25) is 0 Å². The van der Waals surface area contributed by atoms with Crippen molar-refractivity contribution in [2.75, 3.05) is 13.1 Å². The maximum Gasteiger partial charge on any atom is 0.00817 e. The molecule has 0 bridgehead atoms. The van der Waals surface area contributed by atoms with Crippen molar-refractivity contribution in [1.82, 2.24) is 10.6 Å². The van der Waals surface area contributed by atoms with E-state index in [1.54, 1.807) is 0 Å². The Labute approximate surface area is 76.1 Å². The number of hydrogen-bond donors (Lipinski definition) is 2. The first kappa shape index (κ1) is 10.0. The van der Waals surface area contributed by atoms with Crippen molar-refractivity contribution in [3.63, 3.8) is 0 Å². The topological polar surface area (TPSA) is 24.1 Å². The van der Waals surface area contributed by atoms with E-state index in [-0.39, 0.29) is 0 Å². The van der Waals surface area contributed by atoms with Crippen LogP contribution in [0, 0.1) is 0 Å². The summed E-state index contributed by atoms with van der Waals surface area (Å²) in [4.78, 5) is 0. The molecular formula is C10H22N2. The van der Waals surface area contributed by atoms with Crippen molar-refractivity contribution in [2.45, 2.75) is 51.6 Å². The Morgan fingerprint density at radius 3 is 1.92 bits per heavy atom. The molecule has 0 aliphatic heterocycles. The lowest BCUT2D eigenvalue weighted by molar-refractivity contribution is 0.309. The molecule has 1 aliphatic carbocycles. The van der Waals surface area contributed by atoms with Crippen molar-refractivity contribution in [2.24, 2.45) is 0 Å². The minimum Gasteiger partial charge on any atom is -0.314 e. The Balaban J connectivity index is 2.20. The molecule has 2 unspecified atom stereocenters. The molecule has 1 rings (SSSR count). The van der Waals surface area contributed by atoms with Crippen LogP contribution in [0.25, 0.3) is 0 Å². The molecule has 0 heterocycles. The molecule has 0 spiro atoms. The minimum absolute atomic E-state index is 0.771. The molecule has 1 aliphatic rings. The van der Waals surface area contributed by atoms with Crippen LogP contribution in [0.3, 0.4) is 0 Å². The van der Waals surface area contributed by atoms with Gasteiger partial charge in [-0.3, -0.25) is 0 Å². The normalized spacial score (nSPS) is 30.5. The summed E-state index contributed by atoms with van der Waals surface area (Å²) in [5.74, 6) is 0. The molecule has 2 atom stereocenters. The average molecular weight is 170 g/mol. The Bertz CT molecular complexity index is 98.4. The molecule has 72 valence electrons. The fraction of sp³-hybridized carbons (Fsp3) is 1.00. The maximum atomic E-state index is 3.53. The van der Waals surface area contributed by atoms with Crippen LogP contribution in [-0.4, -0.2) is 25.2 Å². The highest BCUT2D eigenvalue weighted by Gasteiger charge is 2.19. The molecule has 1 saturated carbocycles. The van der Waals surface area contributed by atoms with Crippen molar-refractivity contribution < 1.29 is 0 Å². The van der Waals surface area contributed by atoms with E-state index in [9.17, 15) is 0 Å². The summed E-state index contributed by atoms with van der Waals surface area (Å²) in [6, 6.07) is 1.54. The van der Waals surface area contributed by atoms with Crippen LogP contribution in [0.5, 0.6) is 0 Å². The second kappa shape index (κ2) is 5.55. The lowest BCUT2D eigenvalue weighted by Gasteiger charge is -2.30. The van der Waals surface area contributed by atoms with E-state index in [4.69, 9.17) is 0 Å². The van der Waals surface area contributed by atoms with Gasteiger partial charge in [-0.05, 0) is 32.4 Å². The molecule has 0 radical (unpaired) electrons. The number of nitrogens with one attached hydrogen (secondary N) is 2. The van der Waals surface area contributed by atoms with Gasteiger partial charge in [0.05, 0.1) is 0 Å². The van der Waals surface area contributed by atoms with Crippen LogP contribution >= 0.6 is 0 Å². The predicted octanol–water partition coefficient (Wildman–Crippen LogP) is 1.52. The predicted molar refractivity (Wildman–Crippen MR) is 53.4 cm³/mol. The largest absolute Gasteiger partial charge is 0.314 e. The molecule has 0 amide bonds. The highest BCUT2D eigenvalue weighted by molar-refractivity contribution is 4.81. The molecule has 1 fully saturated rings. The van der Waals surface area contributed by atoms with Gasteiger partial charge in [-0.2, -0.15) is 0 Å². The van der Waals surface area contributed by atoms with Crippen molar-refractivity contribution in [1.29, 1.82) is 0 Å². The van der Waals surface area contributed by atoms with Crippen molar-refractivity contribution in [3.05, 3.63) is 0 Å². The third kappa shape index (κ3) is 3.11. The van der Waals surface area contributed by atoms with E-state index in [0.717, 1.165) is 25.2 Å². The van der Waals surface area contributed by atoms with E-state index in [1.807, 2.05) is 0 Å². The zero-order valence-corrected chi connectivity index (χ0v) is 8.40. The third-order valence-corrected chi connectivity index (χ3v) is 2.66. The van der Waals surface area contributed by atoms with Crippen LogP contribution in [0.4, 0.5) is 0 Å². The average Bonchev–Trinajstić information content (AvgIpc) is 2.06. The maximum absolute atomic E-state index is 3.53. The zero-order chi connectivity index (χ0) is 8.81. The zero-order valence-electron chi connectivity index (χ0n) is 8.40. The molecule has 0 aromatic rings. The number of hydrogen-bond acceptors (Lipinski definition) is 2. The molecule has 12 heavy (non-hydrogen) atoms. The van der Waals surface area contributed by atoms with Crippen LogP contribution < -0.4 is 10.6 Å². The van der Waals surface area contributed by atoms with E-state index < -0.39 is 0 Å². The summed E-state index contributed by atoms with van der Waals surface area (Å²) in [6.45, 7) is 6.61. The van der Waals surface area contributed by atoms with Crippen LogP contribution in [0.15, 0.2) is 0 Å². The summed E-state index contributed by atoms with van der Waals surface area (Å²) in [5, 5.41) is 7.07. The summed E-state index contributed by atoms with van der Waals surface area (Å²) in [6.07, 6.45) is 5.45. The Hall–Kier alpha value is -0.0800. The molecule has 2 N–H and O–H groups in total. The summed E-state index contributed by atoms with van der Waals surface area (Å²) in [7, 11) is 0. The van der Waals surface area contributed by atoms with Crippen LogP contribution in [0.1, 0.15) is 39.5 Å². The second-order valence-corrected chi connectivity index (χ2v) is 3.68. The highest BCUT2D eigenvalue weighted by atomic mass is 15.0. The quantitative estimate of drug-likeness (QED) is 0.668. The van der Waals surface area contributed by atoms with Gasteiger partial charge in [-0.1, -0.05) is 20.3 Å². The smallest absolute Gasteiger partial charge is 0.00817 e. The Morgan fingerprint density at radius 1 is 1.00 bits per heavy atom. The lowest BCUT2D eigenvalue weighted by atomic mass is 9.91. The fourth-order valence-electron chi connectivity index (χ4n) is 2.14. The van der Waals surface area contributed by atoms with Gasteiger partial charge in [0.1, 0.15) is 0 Å². The first-order valence-electron chi connectivity index (χ1n) is 5.33. The Kier molecular flexibility index (Phi) is 4.62. The monoisotopic (exact) mass is 170 g/mol. The van der Waals surface area contributed by atoms with Gasteiger partial charge >= 0.3 is 0 Å². The van der Waals surface area contributed by atoms with Gasteiger partial charge in [0.15, 0.2) is 0 Å². The second-order valence-electron chi connectivity index (χ2n) is 3.68. The van der Waals surface area contributed by atoms with Crippen molar-refractivity contribution >= 4 is 0 Å². The van der Waals surface area contributed by atoms with E-state index >= 15 is 0 Å². The lowest BCUT2D eigenvalue weighted by Crippen LogP contribution is -2.41. The molecule has 0 aromatic heterocycles. The minimum atomic E-state index is 0.771. The number of rotatable bonds is 4. The SMILES string of the molecule is CCNC1CCCC(NCC)C1. The third-order valence-electron chi connectivity index (χ3n) is 2.66.